The molecule has 1 aromatic rings. The van der Waals surface area contributed by atoms with Gasteiger partial charge in [0.15, 0.2) is 0 Å². The first-order valence-corrected chi connectivity index (χ1v) is 7.66. The van der Waals surface area contributed by atoms with Crippen molar-refractivity contribution in [1.82, 2.24) is 0 Å². The van der Waals surface area contributed by atoms with E-state index < -0.39 is 5.97 Å². The Morgan fingerprint density at radius 2 is 2.05 bits per heavy atom. The topological polar surface area (TPSA) is 52.3 Å². The van der Waals surface area contributed by atoms with E-state index in [2.05, 4.69) is 13.8 Å². The van der Waals surface area contributed by atoms with E-state index in [9.17, 15) is 4.79 Å². The third-order valence-corrected chi connectivity index (χ3v) is 4.10. The number of unbranched alkanes of at least 4 members (excludes halogenated alkanes) is 1. The maximum Gasteiger partial charge on any atom is 0.338 e. The molecule has 0 fully saturated rings. The summed E-state index contributed by atoms with van der Waals surface area (Å²) in [6, 6.07) is 2.97. The molecule has 0 saturated heterocycles. The average Bonchev–Trinajstić information content (AvgIpc) is 2.44. The summed E-state index contributed by atoms with van der Waals surface area (Å²) < 4.78 is 5.33. The number of ether oxygens (including phenoxy) is 1. The van der Waals surface area contributed by atoms with Gasteiger partial charge in [-0.1, -0.05) is 56.3 Å². The van der Waals surface area contributed by atoms with Crippen LogP contribution in [-0.4, -0.2) is 12.6 Å². The van der Waals surface area contributed by atoms with Crippen LogP contribution in [0.1, 0.15) is 49.9 Å². The molecule has 0 spiro atoms. The van der Waals surface area contributed by atoms with Gasteiger partial charge in [0.05, 0.1) is 27.9 Å². The molecule has 1 aromatic carbocycles. The molecule has 1 unspecified atom stereocenters. The van der Waals surface area contributed by atoms with Crippen LogP contribution >= 0.6 is 23.2 Å². The molecule has 0 heterocycles. The van der Waals surface area contributed by atoms with E-state index in [0.29, 0.717) is 18.1 Å². The number of esters is 1. The number of rotatable bonds is 7. The monoisotopic (exact) mass is 317 g/mol. The van der Waals surface area contributed by atoms with E-state index >= 15 is 0 Å². The fourth-order valence-electron chi connectivity index (χ4n) is 1.90. The number of hydrogen-bond donors (Lipinski definition) is 1. The van der Waals surface area contributed by atoms with Crippen molar-refractivity contribution >= 4 is 34.9 Å². The highest BCUT2D eigenvalue weighted by molar-refractivity contribution is 6.43. The molecular weight excluding hydrogens is 297 g/mol. The van der Waals surface area contributed by atoms with Gasteiger partial charge in [0.25, 0.3) is 0 Å². The Balaban J connectivity index is 2.62. The summed E-state index contributed by atoms with van der Waals surface area (Å²) in [7, 11) is 0. The molecule has 0 aliphatic rings. The Hall–Kier alpha value is -0.930. The van der Waals surface area contributed by atoms with Gasteiger partial charge >= 0.3 is 5.97 Å². The lowest BCUT2D eigenvalue weighted by Gasteiger charge is -2.15. The number of anilines is 1. The zero-order valence-corrected chi connectivity index (χ0v) is 13.4. The summed E-state index contributed by atoms with van der Waals surface area (Å²) >= 11 is 11.8. The van der Waals surface area contributed by atoms with Gasteiger partial charge in [0.2, 0.25) is 0 Å². The normalized spacial score (nSPS) is 12.2. The predicted molar refractivity (Wildman–Crippen MR) is 84.5 cm³/mol. The van der Waals surface area contributed by atoms with Gasteiger partial charge in [0.1, 0.15) is 0 Å². The van der Waals surface area contributed by atoms with Gasteiger partial charge in [-0.05, 0) is 24.5 Å². The van der Waals surface area contributed by atoms with Crippen molar-refractivity contribution in [3.05, 3.63) is 27.7 Å². The van der Waals surface area contributed by atoms with Crippen LogP contribution in [-0.2, 0) is 4.74 Å². The molecule has 0 saturated carbocycles. The molecule has 1 rings (SSSR count). The molecule has 20 heavy (non-hydrogen) atoms. The van der Waals surface area contributed by atoms with Gasteiger partial charge in [-0.15, -0.1) is 0 Å². The second kappa shape index (κ2) is 8.38. The third-order valence-electron chi connectivity index (χ3n) is 3.29. The first-order valence-electron chi connectivity index (χ1n) is 6.91. The van der Waals surface area contributed by atoms with Crippen LogP contribution in [0.4, 0.5) is 5.69 Å². The van der Waals surface area contributed by atoms with E-state index in [1.165, 1.54) is 12.1 Å². The third kappa shape index (κ3) is 4.88. The predicted octanol–water partition coefficient (Wildman–Crippen LogP) is 4.95. The first-order chi connectivity index (χ1) is 9.49. The lowest BCUT2D eigenvalue weighted by atomic mass is 10.0. The van der Waals surface area contributed by atoms with E-state index in [1.807, 2.05) is 0 Å². The minimum atomic E-state index is -0.412. The van der Waals surface area contributed by atoms with E-state index in [0.717, 1.165) is 25.7 Å². The van der Waals surface area contributed by atoms with Crippen LogP contribution in [0.3, 0.4) is 0 Å². The molecule has 0 bridgehead atoms. The average molecular weight is 318 g/mol. The van der Waals surface area contributed by atoms with Gasteiger partial charge in [-0.2, -0.15) is 0 Å². The van der Waals surface area contributed by atoms with Gasteiger partial charge in [0, 0.05) is 0 Å². The van der Waals surface area contributed by atoms with Crippen molar-refractivity contribution in [3.63, 3.8) is 0 Å². The number of nitrogen functional groups attached to an aromatic ring is 1. The Bertz CT molecular complexity index is 440. The van der Waals surface area contributed by atoms with Crippen molar-refractivity contribution in [2.45, 2.75) is 39.5 Å². The van der Waals surface area contributed by atoms with E-state index in [-0.39, 0.29) is 15.7 Å². The van der Waals surface area contributed by atoms with Crippen LogP contribution in [0.25, 0.3) is 0 Å². The Morgan fingerprint density at radius 1 is 1.35 bits per heavy atom. The Labute approximate surface area is 130 Å². The minimum absolute atomic E-state index is 0.261. The molecule has 112 valence electrons. The lowest BCUT2D eigenvalue weighted by Crippen LogP contribution is -2.14. The number of nitrogens with two attached hydrogens (primary N) is 1. The highest BCUT2D eigenvalue weighted by Gasteiger charge is 2.14. The molecule has 0 aliphatic heterocycles. The molecule has 0 aromatic heterocycles. The summed E-state index contributed by atoms with van der Waals surface area (Å²) in [6.45, 7) is 4.68. The zero-order valence-electron chi connectivity index (χ0n) is 11.9. The molecular formula is C15H21Cl2NO2. The van der Waals surface area contributed by atoms with Crippen molar-refractivity contribution in [3.8, 4) is 0 Å². The fraction of sp³-hybridized carbons (Fsp3) is 0.533. The summed E-state index contributed by atoms with van der Waals surface area (Å²) in [4.78, 5) is 12.0. The van der Waals surface area contributed by atoms with Crippen molar-refractivity contribution in [2.75, 3.05) is 12.3 Å². The first kappa shape index (κ1) is 17.1. The lowest BCUT2D eigenvalue weighted by molar-refractivity contribution is 0.0428. The molecule has 5 heteroatoms. The van der Waals surface area contributed by atoms with Crippen LogP contribution in [0, 0.1) is 5.92 Å². The van der Waals surface area contributed by atoms with Gasteiger partial charge < -0.3 is 10.5 Å². The van der Waals surface area contributed by atoms with E-state index in [4.69, 9.17) is 33.7 Å². The maximum atomic E-state index is 12.0. The molecule has 0 radical (unpaired) electrons. The van der Waals surface area contributed by atoms with Crippen LogP contribution < -0.4 is 5.73 Å². The zero-order chi connectivity index (χ0) is 15.1. The van der Waals surface area contributed by atoms with Gasteiger partial charge in [-0.25, -0.2) is 4.79 Å². The van der Waals surface area contributed by atoms with Gasteiger partial charge in [-0.3, -0.25) is 0 Å². The standard InChI is InChI=1S/C15H21Cl2NO2/c1-3-5-6-10(4-2)9-20-15(19)11-7-12(16)14(17)13(18)8-11/h7-8,10H,3-6,9,18H2,1-2H3. The summed E-state index contributed by atoms with van der Waals surface area (Å²) in [5.74, 6) is -0.00997. The van der Waals surface area contributed by atoms with Crippen LogP contribution in [0.15, 0.2) is 12.1 Å². The highest BCUT2D eigenvalue weighted by atomic mass is 35.5. The van der Waals surface area contributed by atoms with Crippen molar-refractivity contribution in [1.29, 1.82) is 0 Å². The second-order valence-electron chi connectivity index (χ2n) is 4.88. The van der Waals surface area contributed by atoms with Crippen LogP contribution in [0.5, 0.6) is 0 Å². The Kier molecular flexibility index (Phi) is 7.17. The molecule has 1 atom stereocenters. The number of carbonyl (C=O) groups excluding carboxylic acids is 1. The molecule has 3 nitrogen and oxygen atoms in total. The van der Waals surface area contributed by atoms with Crippen molar-refractivity contribution < 1.29 is 9.53 Å². The fourth-order valence-corrected chi connectivity index (χ4v) is 2.24. The quantitative estimate of drug-likeness (QED) is 0.572. The molecule has 0 amide bonds. The van der Waals surface area contributed by atoms with Crippen LogP contribution in [0.2, 0.25) is 10.0 Å². The Morgan fingerprint density at radius 3 is 2.60 bits per heavy atom. The summed E-state index contributed by atoms with van der Waals surface area (Å²) in [5.41, 5.74) is 6.30. The molecule has 0 aliphatic carbocycles. The summed E-state index contributed by atoms with van der Waals surface area (Å²) in [5, 5.41) is 0.522. The number of carbonyl (C=O) groups is 1. The highest BCUT2D eigenvalue weighted by Crippen LogP contribution is 2.29. The molecule has 2 N–H and O–H groups in total. The smallest absolute Gasteiger partial charge is 0.338 e. The summed E-state index contributed by atoms with van der Waals surface area (Å²) in [6.07, 6.45) is 4.37. The van der Waals surface area contributed by atoms with Crippen molar-refractivity contribution in [2.24, 2.45) is 5.92 Å². The largest absolute Gasteiger partial charge is 0.462 e. The number of benzene rings is 1. The minimum Gasteiger partial charge on any atom is -0.462 e. The second-order valence-corrected chi connectivity index (χ2v) is 5.66. The maximum absolute atomic E-state index is 12.0. The number of hydrogen-bond acceptors (Lipinski definition) is 3. The SMILES string of the molecule is CCCCC(CC)COC(=O)c1cc(N)c(Cl)c(Cl)c1. The number of halogens is 2. The van der Waals surface area contributed by atoms with E-state index in [1.54, 1.807) is 0 Å².